The molecule has 1 aliphatic heterocycles. The molecule has 4 rings (SSSR count). The van der Waals surface area contributed by atoms with Gasteiger partial charge in [-0.25, -0.2) is 18.2 Å². The zero-order valence-corrected chi connectivity index (χ0v) is 18.9. The molecule has 0 saturated heterocycles. The van der Waals surface area contributed by atoms with E-state index in [0.717, 1.165) is 18.9 Å². The zero-order valence-electron chi connectivity index (χ0n) is 18.9. The molecule has 35 heavy (non-hydrogen) atoms. The molecule has 7 nitrogen and oxygen atoms in total. The SMILES string of the molecule is C[C@]1(c2cc(NC(=O)c3ccc(C#CC4CC4)cn3)ccc2F)C(N)=CCOCC1(F)F.O=CO. The van der Waals surface area contributed by atoms with Crippen molar-refractivity contribution < 1.29 is 32.6 Å². The molecule has 10 heteroatoms. The van der Waals surface area contributed by atoms with Crippen LogP contribution in [0.2, 0.25) is 0 Å². The Labute approximate surface area is 200 Å². The van der Waals surface area contributed by atoms with Gasteiger partial charge in [-0.05, 0) is 56.2 Å². The largest absolute Gasteiger partial charge is 0.483 e. The number of amides is 1. The van der Waals surface area contributed by atoms with Gasteiger partial charge in [0.15, 0.2) is 0 Å². The Morgan fingerprint density at radius 2 is 2.03 bits per heavy atom. The number of carboxylic acid groups (broad SMARTS) is 1. The van der Waals surface area contributed by atoms with E-state index in [1.165, 1.54) is 37.4 Å². The van der Waals surface area contributed by atoms with Gasteiger partial charge in [0.2, 0.25) is 0 Å². The second-order valence-corrected chi connectivity index (χ2v) is 8.23. The van der Waals surface area contributed by atoms with Crippen molar-refractivity contribution in [1.82, 2.24) is 4.98 Å². The van der Waals surface area contributed by atoms with Gasteiger partial charge in [0.1, 0.15) is 23.5 Å². The molecular formula is C25H24F3N3O4. The Hall–Kier alpha value is -3.84. The van der Waals surface area contributed by atoms with E-state index in [4.69, 9.17) is 20.4 Å². The van der Waals surface area contributed by atoms with Crippen LogP contribution < -0.4 is 11.1 Å². The second kappa shape index (κ2) is 10.6. The van der Waals surface area contributed by atoms with Crippen LogP contribution in [0, 0.1) is 23.6 Å². The summed E-state index contributed by atoms with van der Waals surface area (Å²) in [5, 5.41) is 9.47. The van der Waals surface area contributed by atoms with Crippen LogP contribution in [0.3, 0.4) is 0 Å². The fourth-order valence-electron chi connectivity index (χ4n) is 3.44. The molecule has 0 radical (unpaired) electrons. The molecule has 184 valence electrons. The van der Waals surface area contributed by atoms with Gasteiger partial charge in [-0.15, -0.1) is 0 Å². The Morgan fingerprint density at radius 3 is 2.66 bits per heavy atom. The third kappa shape index (κ3) is 5.81. The van der Waals surface area contributed by atoms with E-state index in [1.54, 1.807) is 6.07 Å². The van der Waals surface area contributed by atoms with E-state index >= 15 is 0 Å². The number of carbonyl (C=O) groups is 2. The van der Waals surface area contributed by atoms with Crippen LogP contribution in [-0.4, -0.2) is 41.6 Å². The molecule has 2 heterocycles. The van der Waals surface area contributed by atoms with Crippen LogP contribution >= 0.6 is 0 Å². The molecule has 1 atom stereocenters. The maximum atomic E-state index is 14.9. The van der Waals surface area contributed by atoms with Crippen LogP contribution in [0.4, 0.5) is 18.9 Å². The number of anilines is 1. The van der Waals surface area contributed by atoms with Gasteiger partial charge in [-0.1, -0.05) is 11.8 Å². The minimum absolute atomic E-state index is 0.0955. The van der Waals surface area contributed by atoms with Crippen LogP contribution in [0.15, 0.2) is 48.3 Å². The first kappa shape index (κ1) is 25.8. The maximum Gasteiger partial charge on any atom is 0.290 e. The van der Waals surface area contributed by atoms with Crippen molar-refractivity contribution in [2.75, 3.05) is 18.5 Å². The summed E-state index contributed by atoms with van der Waals surface area (Å²) < 4.78 is 49.5. The molecule has 1 aromatic heterocycles. The Bertz CT molecular complexity index is 1180. The number of nitrogens with one attached hydrogen (secondary N) is 1. The Kier molecular flexibility index (Phi) is 7.82. The van der Waals surface area contributed by atoms with Crippen molar-refractivity contribution in [2.45, 2.75) is 31.1 Å². The highest BCUT2D eigenvalue weighted by Crippen LogP contribution is 2.46. The van der Waals surface area contributed by atoms with E-state index in [0.29, 0.717) is 11.5 Å². The Balaban J connectivity index is 0.00000108. The second-order valence-electron chi connectivity index (χ2n) is 8.23. The number of hydrogen-bond donors (Lipinski definition) is 3. The summed E-state index contributed by atoms with van der Waals surface area (Å²) in [4.78, 5) is 25.1. The predicted molar refractivity (Wildman–Crippen MR) is 122 cm³/mol. The lowest BCUT2D eigenvalue weighted by molar-refractivity contribution is -0.122. The van der Waals surface area contributed by atoms with Crippen LogP contribution in [0.5, 0.6) is 0 Å². The number of pyridine rings is 1. The van der Waals surface area contributed by atoms with Gasteiger partial charge >= 0.3 is 0 Å². The summed E-state index contributed by atoms with van der Waals surface area (Å²) in [6.07, 6.45) is 5.03. The van der Waals surface area contributed by atoms with E-state index in [2.05, 4.69) is 22.1 Å². The number of benzene rings is 1. The molecule has 1 amide bonds. The van der Waals surface area contributed by atoms with Crippen molar-refractivity contribution >= 4 is 18.1 Å². The molecular weight excluding hydrogens is 463 g/mol. The van der Waals surface area contributed by atoms with Gasteiger partial charge in [0.05, 0.1) is 6.61 Å². The lowest BCUT2D eigenvalue weighted by Gasteiger charge is -2.37. The molecule has 1 fully saturated rings. The first-order chi connectivity index (χ1) is 16.6. The highest BCUT2D eigenvalue weighted by atomic mass is 19.3. The first-order valence-corrected chi connectivity index (χ1v) is 10.7. The highest BCUT2D eigenvalue weighted by Gasteiger charge is 2.55. The summed E-state index contributed by atoms with van der Waals surface area (Å²) in [6, 6.07) is 6.69. The molecule has 2 aromatic rings. The highest BCUT2D eigenvalue weighted by molar-refractivity contribution is 6.02. The number of ether oxygens (including phenoxy) is 1. The number of hydrogen-bond acceptors (Lipinski definition) is 5. The molecule has 0 spiro atoms. The number of halogens is 3. The number of nitrogens with two attached hydrogens (primary N) is 1. The number of rotatable bonds is 3. The topological polar surface area (TPSA) is 115 Å². The number of carbonyl (C=O) groups excluding carboxylic acids is 1. The number of aromatic nitrogens is 1. The lowest BCUT2D eigenvalue weighted by atomic mass is 9.73. The average molecular weight is 487 g/mol. The van der Waals surface area contributed by atoms with Crippen molar-refractivity contribution in [3.63, 3.8) is 0 Å². The van der Waals surface area contributed by atoms with Gasteiger partial charge in [0, 0.05) is 34.6 Å². The normalized spacial score (nSPS) is 20.6. The van der Waals surface area contributed by atoms with Crippen molar-refractivity contribution in [2.24, 2.45) is 11.7 Å². The van der Waals surface area contributed by atoms with Crippen LogP contribution in [0.25, 0.3) is 0 Å². The number of nitrogens with zero attached hydrogens (tertiary/aromatic N) is 1. The van der Waals surface area contributed by atoms with Crippen molar-refractivity contribution in [3.8, 4) is 11.8 Å². The van der Waals surface area contributed by atoms with Crippen LogP contribution in [0.1, 0.15) is 41.4 Å². The predicted octanol–water partition coefficient (Wildman–Crippen LogP) is 3.70. The fourth-order valence-corrected chi connectivity index (χ4v) is 3.44. The van der Waals surface area contributed by atoms with Gasteiger partial charge in [-0.2, -0.15) is 0 Å². The van der Waals surface area contributed by atoms with E-state index in [-0.39, 0.29) is 35.7 Å². The van der Waals surface area contributed by atoms with Gasteiger partial charge in [-0.3, -0.25) is 9.59 Å². The number of allylic oxidation sites excluding steroid dienone is 1. The zero-order chi connectivity index (χ0) is 25.6. The third-order valence-corrected chi connectivity index (χ3v) is 5.77. The summed E-state index contributed by atoms with van der Waals surface area (Å²) in [7, 11) is 0. The molecule has 2 aliphatic rings. The molecule has 0 bridgehead atoms. The van der Waals surface area contributed by atoms with E-state index in [9.17, 15) is 18.0 Å². The molecule has 1 aliphatic carbocycles. The Morgan fingerprint density at radius 1 is 1.31 bits per heavy atom. The number of alkyl halides is 2. The molecule has 4 N–H and O–H groups in total. The monoisotopic (exact) mass is 487 g/mol. The molecule has 1 saturated carbocycles. The minimum atomic E-state index is -3.47. The van der Waals surface area contributed by atoms with Gasteiger partial charge in [0.25, 0.3) is 18.3 Å². The van der Waals surface area contributed by atoms with Gasteiger partial charge < -0.3 is 20.9 Å². The van der Waals surface area contributed by atoms with Crippen molar-refractivity contribution in [1.29, 1.82) is 0 Å². The van der Waals surface area contributed by atoms with E-state index < -0.39 is 29.7 Å². The standard InChI is InChI=1S/C24H22F3N3O2.CH2O2/c1-23(21(28)10-11-32-14-24(23,26)27)18-12-17(7-8-19(18)25)30-22(31)20-9-6-16(13-29-20)5-4-15-2-3-15;2-1-3/h6-10,12-13,15H,2-3,11,14,28H2,1H3,(H,30,31);1H,(H,2,3)/t23-;/m0./s1. The van der Waals surface area contributed by atoms with E-state index in [1.807, 2.05) is 0 Å². The quantitative estimate of drug-likeness (QED) is 0.449. The lowest BCUT2D eigenvalue weighted by Crippen LogP contribution is -2.49. The molecule has 0 unspecified atom stereocenters. The summed E-state index contributed by atoms with van der Waals surface area (Å²) in [6.45, 7) is -0.0844. The van der Waals surface area contributed by atoms with Crippen molar-refractivity contribution in [3.05, 3.63) is 70.9 Å². The van der Waals surface area contributed by atoms with Crippen LogP contribution in [-0.2, 0) is 14.9 Å². The average Bonchev–Trinajstić information content (AvgIpc) is 3.66. The summed E-state index contributed by atoms with van der Waals surface area (Å²) in [5.74, 6) is 1.68. The smallest absolute Gasteiger partial charge is 0.290 e. The minimum Gasteiger partial charge on any atom is -0.483 e. The fraction of sp³-hybridized carbons (Fsp3) is 0.320. The summed E-state index contributed by atoms with van der Waals surface area (Å²) >= 11 is 0. The first-order valence-electron chi connectivity index (χ1n) is 10.7. The third-order valence-electron chi connectivity index (χ3n) is 5.77. The summed E-state index contributed by atoms with van der Waals surface area (Å²) in [5.41, 5.74) is 4.19. The maximum absolute atomic E-state index is 14.9. The molecule has 1 aromatic carbocycles.